The Hall–Kier alpha value is -3.26. The van der Waals surface area contributed by atoms with Crippen LogP contribution in [0.2, 0.25) is 5.02 Å². The van der Waals surface area contributed by atoms with Gasteiger partial charge in [0.05, 0.1) is 17.9 Å². The molecule has 1 aliphatic rings. The fourth-order valence-corrected chi connectivity index (χ4v) is 4.59. The SMILES string of the molecule is O=C(O)CC1(C(=O)NC(Cc2ccc(-c3cccc(Cl)c3)cc2)c2nn[nH]n2)CCCC1. The minimum atomic E-state index is -0.963. The number of carbonyl (C=O) groups is 2. The quantitative estimate of drug-likeness (QED) is 0.474. The van der Waals surface area contributed by atoms with Crippen LogP contribution >= 0.6 is 11.6 Å². The van der Waals surface area contributed by atoms with Gasteiger partial charge in [-0.25, -0.2) is 0 Å². The van der Waals surface area contributed by atoms with Gasteiger partial charge >= 0.3 is 5.97 Å². The van der Waals surface area contributed by atoms with Gasteiger partial charge < -0.3 is 10.4 Å². The molecule has 1 aromatic heterocycles. The minimum Gasteiger partial charge on any atom is -0.481 e. The average Bonchev–Trinajstić information content (AvgIpc) is 3.46. The van der Waals surface area contributed by atoms with E-state index in [4.69, 9.17) is 11.6 Å². The van der Waals surface area contributed by atoms with Crippen LogP contribution in [0.3, 0.4) is 0 Å². The van der Waals surface area contributed by atoms with Crippen LogP contribution in [0.25, 0.3) is 11.1 Å². The smallest absolute Gasteiger partial charge is 0.304 e. The molecule has 0 saturated heterocycles. The molecule has 1 saturated carbocycles. The molecule has 1 unspecified atom stereocenters. The monoisotopic (exact) mass is 453 g/mol. The molecular weight excluding hydrogens is 430 g/mol. The number of amides is 1. The van der Waals surface area contributed by atoms with E-state index in [0.29, 0.717) is 30.1 Å². The summed E-state index contributed by atoms with van der Waals surface area (Å²) in [5.41, 5.74) is 2.14. The molecule has 1 aliphatic carbocycles. The van der Waals surface area contributed by atoms with Gasteiger partial charge in [0.25, 0.3) is 0 Å². The Morgan fingerprint density at radius 3 is 2.50 bits per heavy atom. The zero-order valence-electron chi connectivity index (χ0n) is 17.4. The lowest BCUT2D eigenvalue weighted by Gasteiger charge is -2.28. The van der Waals surface area contributed by atoms with Crippen LogP contribution in [0.1, 0.15) is 49.5 Å². The number of nitrogens with one attached hydrogen (secondary N) is 2. The first-order chi connectivity index (χ1) is 15.4. The maximum Gasteiger partial charge on any atom is 0.304 e. The van der Waals surface area contributed by atoms with Crippen LogP contribution in [-0.2, 0) is 16.0 Å². The lowest BCUT2D eigenvalue weighted by atomic mass is 9.81. The first kappa shape index (κ1) is 22.0. The van der Waals surface area contributed by atoms with E-state index in [9.17, 15) is 14.7 Å². The number of hydrogen-bond donors (Lipinski definition) is 3. The van der Waals surface area contributed by atoms with Gasteiger partial charge in [0, 0.05) is 11.4 Å². The minimum absolute atomic E-state index is 0.174. The third-order valence-corrected chi connectivity index (χ3v) is 6.30. The van der Waals surface area contributed by atoms with Crippen molar-refractivity contribution in [1.82, 2.24) is 25.9 Å². The molecule has 1 fully saturated rings. The fraction of sp³-hybridized carbons (Fsp3) is 0.348. The second-order valence-electron chi connectivity index (χ2n) is 8.27. The number of rotatable bonds is 8. The molecule has 0 radical (unpaired) electrons. The number of nitrogens with zero attached hydrogens (tertiary/aromatic N) is 3. The number of H-pyrrole nitrogens is 1. The maximum absolute atomic E-state index is 13.2. The summed E-state index contributed by atoms with van der Waals surface area (Å²) in [5.74, 6) is -0.863. The molecule has 8 nitrogen and oxygen atoms in total. The number of carboxylic acid groups (broad SMARTS) is 1. The predicted octanol–water partition coefficient (Wildman–Crippen LogP) is 3.96. The summed E-state index contributed by atoms with van der Waals surface area (Å²) in [7, 11) is 0. The number of tetrazole rings is 1. The summed E-state index contributed by atoms with van der Waals surface area (Å²) < 4.78 is 0. The first-order valence-electron chi connectivity index (χ1n) is 10.6. The number of benzene rings is 2. The third-order valence-electron chi connectivity index (χ3n) is 6.06. The molecule has 9 heteroatoms. The second kappa shape index (κ2) is 9.48. The van der Waals surface area contributed by atoms with Crippen molar-refractivity contribution < 1.29 is 14.7 Å². The van der Waals surface area contributed by atoms with E-state index >= 15 is 0 Å². The summed E-state index contributed by atoms with van der Waals surface area (Å²) in [6.07, 6.45) is 3.10. The van der Waals surface area contributed by atoms with E-state index in [0.717, 1.165) is 29.5 Å². The van der Waals surface area contributed by atoms with E-state index in [1.807, 2.05) is 48.5 Å². The van der Waals surface area contributed by atoms with Crippen LogP contribution in [0.5, 0.6) is 0 Å². The Morgan fingerprint density at radius 1 is 1.12 bits per heavy atom. The second-order valence-corrected chi connectivity index (χ2v) is 8.70. The Balaban J connectivity index is 1.53. The Kier molecular flexibility index (Phi) is 6.50. The topological polar surface area (TPSA) is 121 Å². The number of aliphatic carboxylic acids is 1. The number of aromatic amines is 1. The van der Waals surface area contributed by atoms with Crippen molar-refractivity contribution in [3.63, 3.8) is 0 Å². The Labute approximate surface area is 190 Å². The zero-order chi connectivity index (χ0) is 22.6. The molecule has 1 amide bonds. The molecule has 32 heavy (non-hydrogen) atoms. The van der Waals surface area contributed by atoms with Crippen molar-refractivity contribution in [3.05, 3.63) is 64.9 Å². The average molecular weight is 454 g/mol. The zero-order valence-corrected chi connectivity index (χ0v) is 18.2. The van der Waals surface area contributed by atoms with Gasteiger partial charge in [0.2, 0.25) is 5.91 Å². The van der Waals surface area contributed by atoms with Crippen molar-refractivity contribution in [1.29, 1.82) is 0 Å². The third kappa shape index (κ3) is 4.96. The number of aromatic nitrogens is 4. The number of carbonyl (C=O) groups excluding carboxylic acids is 1. The molecule has 2 aromatic carbocycles. The fourth-order valence-electron chi connectivity index (χ4n) is 4.40. The lowest BCUT2D eigenvalue weighted by molar-refractivity contribution is -0.145. The van der Waals surface area contributed by atoms with Gasteiger partial charge in [-0.05, 0) is 41.7 Å². The Bertz CT molecular complexity index is 1080. The van der Waals surface area contributed by atoms with Crippen molar-refractivity contribution in [3.8, 4) is 11.1 Å². The van der Waals surface area contributed by atoms with Crippen LogP contribution in [0.15, 0.2) is 48.5 Å². The van der Waals surface area contributed by atoms with Crippen LogP contribution in [0, 0.1) is 5.41 Å². The molecule has 1 heterocycles. The molecule has 1 atom stereocenters. The van der Waals surface area contributed by atoms with E-state index in [-0.39, 0.29) is 12.3 Å². The van der Waals surface area contributed by atoms with E-state index in [2.05, 4.69) is 25.9 Å². The standard InChI is InChI=1S/C23H24ClN5O3/c24-18-5-3-4-17(13-18)16-8-6-15(7-9-16)12-19(21-26-28-29-27-21)25-22(32)23(14-20(30)31)10-1-2-11-23/h3-9,13,19H,1-2,10-12,14H2,(H,25,32)(H,30,31)(H,26,27,28,29). The van der Waals surface area contributed by atoms with Crippen LogP contribution in [-0.4, -0.2) is 37.6 Å². The molecular formula is C23H24ClN5O3. The van der Waals surface area contributed by atoms with Crippen LogP contribution in [0.4, 0.5) is 0 Å². The van der Waals surface area contributed by atoms with E-state index in [1.54, 1.807) is 0 Å². The van der Waals surface area contributed by atoms with Crippen molar-refractivity contribution >= 4 is 23.5 Å². The molecule has 3 aromatic rings. The maximum atomic E-state index is 13.2. The molecule has 3 N–H and O–H groups in total. The molecule has 0 bridgehead atoms. The molecule has 4 rings (SSSR count). The molecule has 0 spiro atoms. The highest BCUT2D eigenvalue weighted by Crippen LogP contribution is 2.42. The van der Waals surface area contributed by atoms with Gasteiger partial charge in [-0.15, -0.1) is 10.2 Å². The summed E-state index contributed by atoms with van der Waals surface area (Å²) in [5, 5.41) is 27.2. The van der Waals surface area contributed by atoms with E-state index in [1.165, 1.54) is 0 Å². The summed E-state index contributed by atoms with van der Waals surface area (Å²) >= 11 is 6.10. The summed E-state index contributed by atoms with van der Waals surface area (Å²) in [6.45, 7) is 0. The van der Waals surface area contributed by atoms with Gasteiger partial charge in [-0.1, -0.05) is 66.1 Å². The predicted molar refractivity (Wildman–Crippen MR) is 119 cm³/mol. The first-order valence-corrected chi connectivity index (χ1v) is 10.9. The van der Waals surface area contributed by atoms with Crippen LogP contribution < -0.4 is 5.32 Å². The lowest BCUT2D eigenvalue weighted by Crippen LogP contribution is -2.43. The van der Waals surface area contributed by atoms with Crippen molar-refractivity contribution in [2.45, 2.75) is 44.6 Å². The molecule has 0 aliphatic heterocycles. The molecule has 166 valence electrons. The normalized spacial score (nSPS) is 15.9. The number of carboxylic acids is 1. The Morgan fingerprint density at radius 2 is 1.88 bits per heavy atom. The highest BCUT2D eigenvalue weighted by atomic mass is 35.5. The number of hydrogen-bond acceptors (Lipinski definition) is 5. The highest BCUT2D eigenvalue weighted by molar-refractivity contribution is 6.30. The summed E-state index contributed by atoms with van der Waals surface area (Å²) in [6, 6.07) is 15.1. The van der Waals surface area contributed by atoms with Crippen molar-refractivity contribution in [2.24, 2.45) is 5.41 Å². The number of halogens is 1. The van der Waals surface area contributed by atoms with Gasteiger partial charge in [-0.3, -0.25) is 9.59 Å². The highest BCUT2D eigenvalue weighted by Gasteiger charge is 2.43. The summed E-state index contributed by atoms with van der Waals surface area (Å²) in [4.78, 5) is 24.6. The van der Waals surface area contributed by atoms with Gasteiger partial charge in [-0.2, -0.15) is 5.21 Å². The van der Waals surface area contributed by atoms with Gasteiger partial charge in [0.1, 0.15) is 0 Å². The van der Waals surface area contributed by atoms with Crippen molar-refractivity contribution in [2.75, 3.05) is 0 Å². The largest absolute Gasteiger partial charge is 0.481 e. The van der Waals surface area contributed by atoms with E-state index < -0.39 is 17.4 Å². The van der Waals surface area contributed by atoms with Gasteiger partial charge in [0.15, 0.2) is 5.82 Å².